The maximum absolute atomic E-state index is 6.12. The second kappa shape index (κ2) is 7.41. The number of nitrogens with one attached hydrogen (secondary N) is 1. The maximum Gasteiger partial charge on any atom is 0.188 e. The van der Waals surface area contributed by atoms with Gasteiger partial charge in [0.2, 0.25) is 0 Å². The second-order valence-corrected chi connectivity index (χ2v) is 7.32. The lowest BCUT2D eigenvalue weighted by Gasteiger charge is -2.16. The van der Waals surface area contributed by atoms with Gasteiger partial charge < -0.3 is 11.1 Å². The minimum absolute atomic E-state index is 0. The van der Waals surface area contributed by atoms with Crippen molar-refractivity contribution >= 4 is 29.9 Å². The monoisotopic (exact) mass is 425 g/mol. The largest absolute Gasteiger partial charge is 0.370 e. The highest BCUT2D eigenvalue weighted by Gasteiger charge is 2.54. The third-order valence-electron chi connectivity index (χ3n) is 5.88. The molecule has 2 saturated carbocycles. The third-order valence-corrected chi connectivity index (χ3v) is 5.88. The van der Waals surface area contributed by atoms with Crippen LogP contribution in [0.5, 0.6) is 0 Å². The quantitative estimate of drug-likeness (QED) is 0.335. The summed E-state index contributed by atoms with van der Waals surface area (Å²) in [6, 6.07) is 9.46. The Labute approximate surface area is 156 Å². The van der Waals surface area contributed by atoms with Crippen molar-refractivity contribution in [2.24, 2.45) is 22.6 Å². The molecule has 0 spiro atoms. The summed E-state index contributed by atoms with van der Waals surface area (Å²) in [7, 11) is 0. The Balaban J connectivity index is 0.00000156. The van der Waals surface area contributed by atoms with Gasteiger partial charge in [-0.2, -0.15) is 0 Å². The first kappa shape index (κ1) is 17.1. The van der Waals surface area contributed by atoms with Crippen LogP contribution in [0, 0.1) is 11.8 Å². The van der Waals surface area contributed by atoms with E-state index < -0.39 is 0 Å². The van der Waals surface area contributed by atoms with Gasteiger partial charge in [-0.25, -0.2) is 0 Å². The number of hydrogen-bond acceptors (Lipinski definition) is 1. The molecule has 23 heavy (non-hydrogen) atoms. The fourth-order valence-corrected chi connectivity index (χ4v) is 4.62. The summed E-state index contributed by atoms with van der Waals surface area (Å²) in [5, 5.41) is 3.45. The molecule has 0 aliphatic heterocycles. The van der Waals surface area contributed by atoms with E-state index in [0.717, 1.165) is 24.3 Å². The summed E-state index contributed by atoms with van der Waals surface area (Å²) >= 11 is 0. The van der Waals surface area contributed by atoms with E-state index in [2.05, 4.69) is 34.6 Å². The fourth-order valence-electron chi connectivity index (χ4n) is 4.62. The lowest BCUT2D eigenvalue weighted by Crippen LogP contribution is -2.40. The van der Waals surface area contributed by atoms with Gasteiger partial charge in [-0.3, -0.25) is 4.99 Å². The van der Waals surface area contributed by atoms with Crippen molar-refractivity contribution in [1.29, 1.82) is 0 Å². The zero-order chi connectivity index (χ0) is 14.9. The maximum atomic E-state index is 6.12. The zero-order valence-electron chi connectivity index (χ0n) is 13.7. The van der Waals surface area contributed by atoms with Gasteiger partial charge in [0, 0.05) is 12.6 Å². The van der Waals surface area contributed by atoms with Crippen LogP contribution in [0.15, 0.2) is 29.3 Å². The van der Waals surface area contributed by atoms with Crippen molar-refractivity contribution in [3.05, 3.63) is 35.4 Å². The number of hydrogen-bond donors (Lipinski definition) is 2. The molecule has 126 valence electrons. The minimum Gasteiger partial charge on any atom is -0.370 e. The van der Waals surface area contributed by atoms with Gasteiger partial charge in [0.1, 0.15) is 0 Å². The Hall–Kier alpha value is -0.780. The van der Waals surface area contributed by atoms with Crippen LogP contribution in [0.2, 0.25) is 0 Å². The number of guanidine groups is 1. The van der Waals surface area contributed by atoms with E-state index in [-0.39, 0.29) is 24.0 Å². The highest BCUT2D eigenvalue weighted by Crippen LogP contribution is 2.61. The van der Waals surface area contributed by atoms with Crippen LogP contribution < -0.4 is 11.1 Å². The first-order chi connectivity index (χ1) is 10.8. The van der Waals surface area contributed by atoms with Crippen LogP contribution in [0.4, 0.5) is 0 Å². The zero-order valence-corrected chi connectivity index (χ0v) is 16.0. The summed E-state index contributed by atoms with van der Waals surface area (Å²) in [5.74, 6) is 2.98. The Bertz CT molecular complexity index is 563. The number of fused-ring (bicyclic) bond motifs is 3. The van der Waals surface area contributed by atoms with E-state index in [1.165, 1.54) is 44.9 Å². The summed E-state index contributed by atoms with van der Waals surface area (Å²) in [5.41, 5.74) is 9.25. The molecule has 0 amide bonds. The Morgan fingerprint density at radius 3 is 2.65 bits per heavy atom. The summed E-state index contributed by atoms with van der Waals surface area (Å²) in [4.78, 5) is 4.65. The number of rotatable bonds is 3. The van der Waals surface area contributed by atoms with Crippen molar-refractivity contribution in [3.63, 3.8) is 0 Å². The molecular weight excluding hydrogens is 397 g/mol. The molecule has 3 N–H and O–H groups in total. The number of nitrogens with zero attached hydrogens (tertiary/aromatic N) is 1. The van der Waals surface area contributed by atoms with Crippen LogP contribution in [0.3, 0.4) is 0 Å². The Morgan fingerprint density at radius 1 is 1.13 bits per heavy atom. The van der Waals surface area contributed by atoms with Crippen LogP contribution in [0.25, 0.3) is 0 Å². The molecule has 2 fully saturated rings. The first-order valence-electron chi connectivity index (χ1n) is 8.97. The molecule has 0 radical (unpaired) electrons. The van der Waals surface area contributed by atoms with Gasteiger partial charge in [-0.15, -0.1) is 24.0 Å². The molecule has 3 aliphatic rings. The van der Waals surface area contributed by atoms with E-state index >= 15 is 0 Å². The van der Waals surface area contributed by atoms with Crippen LogP contribution in [-0.2, 0) is 6.42 Å². The molecule has 3 aliphatic carbocycles. The highest BCUT2D eigenvalue weighted by molar-refractivity contribution is 14.0. The van der Waals surface area contributed by atoms with Crippen LogP contribution in [-0.4, -0.2) is 18.5 Å². The Kier molecular flexibility index (Phi) is 5.49. The van der Waals surface area contributed by atoms with Gasteiger partial charge in [0.05, 0.1) is 0 Å². The van der Waals surface area contributed by atoms with Gasteiger partial charge >= 0.3 is 0 Å². The third kappa shape index (κ3) is 3.67. The topological polar surface area (TPSA) is 50.4 Å². The molecule has 0 aromatic heterocycles. The van der Waals surface area contributed by atoms with E-state index in [1.807, 2.05) is 0 Å². The van der Waals surface area contributed by atoms with E-state index in [0.29, 0.717) is 12.0 Å². The standard InChI is InChI=1S/C19H27N3.HI/c20-19(22-14-8-3-1-2-4-9-14)21-12-17-16-11-13-7-5-6-10-15(13)18(16)17;/h5-7,10,14,16-18H,1-4,8-9,11-12H2,(H3,20,21,22);1H. The van der Waals surface area contributed by atoms with Crippen molar-refractivity contribution < 1.29 is 0 Å². The van der Waals surface area contributed by atoms with E-state index in [9.17, 15) is 0 Å². The number of benzene rings is 1. The smallest absolute Gasteiger partial charge is 0.188 e. The average molecular weight is 425 g/mol. The molecule has 0 bridgehead atoms. The first-order valence-corrected chi connectivity index (χ1v) is 8.97. The van der Waals surface area contributed by atoms with Gasteiger partial charge in [0.25, 0.3) is 0 Å². The summed E-state index contributed by atoms with van der Waals surface area (Å²) < 4.78 is 0. The molecule has 4 rings (SSSR count). The lowest BCUT2D eigenvalue weighted by molar-refractivity contribution is 0.529. The van der Waals surface area contributed by atoms with Gasteiger partial charge in [0.15, 0.2) is 5.96 Å². The summed E-state index contributed by atoms with van der Waals surface area (Å²) in [6.07, 6.45) is 9.15. The molecule has 1 aromatic carbocycles. The minimum atomic E-state index is 0. The molecule has 4 heteroatoms. The molecule has 3 nitrogen and oxygen atoms in total. The lowest BCUT2D eigenvalue weighted by atomic mass is 10.0. The number of aliphatic imine (C=N–C) groups is 1. The SMILES string of the molecule is I.NC(=NCC1C2Cc3ccccc3C12)NC1CCCCCC1. The molecule has 3 atom stereocenters. The van der Waals surface area contributed by atoms with Crippen LogP contribution >= 0.6 is 24.0 Å². The predicted molar refractivity (Wildman–Crippen MR) is 106 cm³/mol. The number of halogens is 1. The molecule has 0 heterocycles. The normalized spacial score (nSPS) is 29.9. The van der Waals surface area contributed by atoms with Crippen LogP contribution in [0.1, 0.15) is 55.6 Å². The van der Waals surface area contributed by atoms with Crippen molar-refractivity contribution in [2.75, 3.05) is 6.54 Å². The van der Waals surface area contributed by atoms with Gasteiger partial charge in [-0.05, 0) is 48.1 Å². The Morgan fingerprint density at radius 2 is 1.87 bits per heavy atom. The molecular formula is C19H28IN3. The second-order valence-electron chi connectivity index (χ2n) is 7.32. The van der Waals surface area contributed by atoms with E-state index in [1.54, 1.807) is 11.1 Å². The van der Waals surface area contributed by atoms with Crippen molar-refractivity contribution in [1.82, 2.24) is 5.32 Å². The average Bonchev–Trinajstić information content (AvgIpc) is 3.16. The van der Waals surface area contributed by atoms with Crippen molar-refractivity contribution in [2.45, 2.75) is 56.9 Å². The predicted octanol–water partition coefficient (Wildman–Crippen LogP) is 3.82. The van der Waals surface area contributed by atoms with E-state index in [4.69, 9.17) is 5.73 Å². The highest BCUT2D eigenvalue weighted by atomic mass is 127. The summed E-state index contributed by atoms with van der Waals surface area (Å²) in [6.45, 7) is 0.898. The molecule has 0 saturated heterocycles. The molecule has 1 aromatic rings. The van der Waals surface area contributed by atoms with Crippen molar-refractivity contribution in [3.8, 4) is 0 Å². The fraction of sp³-hybridized carbons (Fsp3) is 0.632. The number of nitrogens with two attached hydrogens (primary N) is 1. The molecule has 3 unspecified atom stereocenters. The van der Waals surface area contributed by atoms with Gasteiger partial charge in [-0.1, -0.05) is 49.9 Å².